The molecule has 0 aliphatic carbocycles. The van der Waals surface area contributed by atoms with Gasteiger partial charge in [0, 0.05) is 59.2 Å². The summed E-state index contributed by atoms with van der Waals surface area (Å²) in [5.74, 6) is 0.929. The number of phenols is 1. The summed E-state index contributed by atoms with van der Waals surface area (Å²) >= 11 is 5.27. The Morgan fingerprint density at radius 2 is 0.620 bits per heavy atom. The van der Waals surface area contributed by atoms with Crippen LogP contribution in [-0.4, -0.2) is 107 Å². The number of carbonyl (C=O) groups excluding carboxylic acids is 5. The van der Waals surface area contributed by atoms with Crippen LogP contribution in [0.15, 0.2) is 404 Å². The van der Waals surface area contributed by atoms with Gasteiger partial charge in [-0.2, -0.15) is 0 Å². The number of thiophene rings is 3. The van der Waals surface area contributed by atoms with Crippen molar-refractivity contribution in [3.63, 3.8) is 0 Å². The van der Waals surface area contributed by atoms with E-state index in [9.17, 15) is 29.1 Å². The van der Waals surface area contributed by atoms with Gasteiger partial charge in [0.1, 0.15) is 41.2 Å². The molecule has 5 fully saturated rings. The maximum absolute atomic E-state index is 13.6. The number of hydrogen-bond acceptors (Lipinski definition) is 23. The van der Waals surface area contributed by atoms with Crippen LogP contribution in [0, 0.1) is 0 Å². The number of amides is 5. The van der Waals surface area contributed by atoms with Crippen LogP contribution < -0.4 is 56.4 Å². The first-order chi connectivity index (χ1) is 73.9. The summed E-state index contributed by atoms with van der Waals surface area (Å²) in [6, 6.07) is 131. The van der Waals surface area contributed by atoms with E-state index in [1.807, 2.05) is 215 Å². The molecule has 0 saturated carbocycles. The first-order valence-electron chi connectivity index (χ1n) is 50.9. The van der Waals surface area contributed by atoms with Gasteiger partial charge in [-0.15, -0.1) is 34.0 Å². The van der Waals surface area contributed by atoms with E-state index >= 15 is 0 Å². The predicted octanol–water partition coefficient (Wildman–Crippen LogP) is 24.8. The molecule has 19 aromatic rings. The summed E-state index contributed by atoms with van der Waals surface area (Å²) in [6.45, 7) is 0. The van der Waals surface area contributed by atoms with Crippen molar-refractivity contribution in [3.05, 3.63) is 454 Å². The molecule has 6 N–H and O–H groups in total. The lowest BCUT2D eigenvalue weighted by atomic mass is 9.95. The van der Waals surface area contributed by atoms with Crippen molar-refractivity contribution in [2.24, 2.45) is 0 Å². The van der Waals surface area contributed by atoms with Gasteiger partial charge in [0.15, 0.2) is 42.3 Å². The largest absolute Gasteiger partial charge is 0.504 e. The molecule has 150 heavy (non-hydrogen) atoms. The molecular weight excluding hydrogens is 1930 g/mol. The van der Waals surface area contributed by atoms with E-state index in [1.165, 1.54) is 97.6 Å². The van der Waals surface area contributed by atoms with Gasteiger partial charge in [0.2, 0.25) is 0 Å². The third-order valence-electron chi connectivity index (χ3n) is 30.0. The molecule has 10 aliphatic heterocycles. The van der Waals surface area contributed by atoms with Gasteiger partial charge in [0.05, 0.1) is 45.3 Å². The third-order valence-corrected chi connectivity index (χ3v) is 33.3. The molecule has 29 rings (SSSR count). The number of carbonyl (C=O) groups is 5. The van der Waals surface area contributed by atoms with Crippen molar-refractivity contribution in [2.75, 3.05) is 58.7 Å². The topological polar surface area (TPSA) is 246 Å². The molecule has 15 aromatic carbocycles. The van der Waals surface area contributed by atoms with Crippen molar-refractivity contribution in [2.45, 2.75) is 125 Å². The third kappa shape index (κ3) is 17.3. The molecule has 5 unspecified atom stereocenters. The fraction of sp³-hybridized carbons (Fsp3) is 0.172. The van der Waals surface area contributed by atoms with Crippen molar-refractivity contribution in [3.8, 4) is 11.5 Å². The Kier molecular flexibility index (Phi) is 25.2. The molecule has 4 aromatic heterocycles. The Morgan fingerprint density at radius 3 is 0.987 bits per heavy atom. The Labute approximate surface area is 878 Å². The number of nitrogens with one attached hydrogen (secondary N) is 5. The molecule has 14 heterocycles. The van der Waals surface area contributed by atoms with E-state index in [0.717, 1.165) is 115 Å². The number of para-hydroxylation sites is 10. The monoisotopic (exact) mass is 2030 g/mol. The van der Waals surface area contributed by atoms with Gasteiger partial charge in [-0.05, 0) is 263 Å². The lowest BCUT2D eigenvalue weighted by Crippen LogP contribution is -2.38. The number of rotatable bonds is 16. The van der Waals surface area contributed by atoms with Crippen LogP contribution in [0.1, 0.15) is 117 Å². The van der Waals surface area contributed by atoms with Crippen LogP contribution in [0.2, 0.25) is 0 Å². The molecule has 10 atom stereocenters. The fourth-order valence-corrected chi connectivity index (χ4v) is 26.5. The predicted molar refractivity (Wildman–Crippen MR) is 595 cm³/mol. The normalized spacial score (nSPS) is 20.3. The molecule has 0 bridgehead atoms. The molecule has 5 saturated heterocycles. The SMILES string of the molecule is COc1ccc([C@H]2N(Nc3ccccc3)C(=O)C3CCc4ccccc4N32)cc1O.O=C1C2CCc3ccccc3N2[C@@H](c2cc3ccccc3s2)N1Nc1ccccc1.O=C1C2CCc3ccccc3N2[C@@H](c2cc3ccccc3s2)N1Nc1ccccc1.O=C1C2CCc3ccccc3N2[C@@H](c2cccc3nonc23)N1Nc1ccccc1.O=C1C2CCc3ccccc3N2[C@@H](c2csc3ccccc23)N1Nc1ccccc1. The number of aromatic nitrogens is 2. The quantitative estimate of drug-likeness (QED) is 0.0526. The van der Waals surface area contributed by atoms with Crippen LogP contribution >= 0.6 is 34.0 Å². The molecule has 0 spiro atoms. The highest BCUT2D eigenvalue weighted by atomic mass is 32.1. The van der Waals surface area contributed by atoms with Gasteiger partial charge in [-0.1, -0.05) is 255 Å². The Bertz CT molecular complexity index is 7970. The number of nitrogens with zero attached hydrogens (tertiary/aromatic N) is 12. The second-order valence-corrected chi connectivity index (χ2v) is 41.9. The molecular formula is C122H105N17O8S3. The van der Waals surface area contributed by atoms with Crippen molar-refractivity contribution in [1.82, 2.24) is 35.4 Å². The summed E-state index contributed by atoms with van der Waals surface area (Å²) in [5.41, 5.74) is 37.6. The second kappa shape index (κ2) is 40.4. The highest BCUT2D eigenvalue weighted by Gasteiger charge is 2.56. The summed E-state index contributed by atoms with van der Waals surface area (Å²) < 4.78 is 13.9. The van der Waals surface area contributed by atoms with Crippen LogP contribution in [-0.2, 0) is 56.1 Å². The van der Waals surface area contributed by atoms with E-state index in [2.05, 4.69) is 249 Å². The zero-order chi connectivity index (χ0) is 101. The summed E-state index contributed by atoms with van der Waals surface area (Å²) in [7, 11) is 1.52. The molecule has 0 radical (unpaired) electrons. The fourth-order valence-electron chi connectivity index (χ4n) is 23.2. The first-order valence-corrected chi connectivity index (χ1v) is 53.5. The van der Waals surface area contributed by atoms with E-state index in [4.69, 9.17) is 9.37 Å². The van der Waals surface area contributed by atoms with E-state index in [1.54, 1.807) is 56.2 Å². The first kappa shape index (κ1) is 93.6. The van der Waals surface area contributed by atoms with E-state index in [0.29, 0.717) is 16.8 Å². The summed E-state index contributed by atoms with van der Waals surface area (Å²) in [5, 5.41) is 33.4. The number of ether oxygens (including phenoxy) is 1. The average molecular weight is 2030 g/mol. The highest BCUT2D eigenvalue weighted by molar-refractivity contribution is 7.19. The molecule has 744 valence electrons. The zero-order valence-electron chi connectivity index (χ0n) is 81.8. The van der Waals surface area contributed by atoms with Crippen LogP contribution in [0.25, 0.3) is 41.3 Å². The van der Waals surface area contributed by atoms with Crippen LogP contribution in [0.4, 0.5) is 56.9 Å². The maximum atomic E-state index is 13.6. The Morgan fingerprint density at radius 1 is 0.307 bits per heavy atom. The van der Waals surface area contributed by atoms with Gasteiger partial charge in [0.25, 0.3) is 29.5 Å². The summed E-state index contributed by atoms with van der Waals surface area (Å²) in [6.07, 6.45) is 7.24. The Balaban J connectivity index is 0.0000000970. The van der Waals surface area contributed by atoms with Gasteiger partial charge in [-0.25, -0.2) is 29.7 Å². The number of anilines is 10. The van der Waals surface area contributed by atoms with E-state index < -0.39 is 6.17 Å². The number of fused-ring (bicyclic) bond motifs is 19. The second-order valence-electron chi connectivity index (χ2n) is 38.7. The summed E-state index contributed by atoms with van der Waals surface area (Å²) in [4.78, 5) is 81.5. The van der Waals surface area contributed by atoms with Crippen molar-refractivity contribution in [1.29, 1.82) is 0 Å². The average Bonchev–Trinajstić information content (AvgIpc) is 1.60. The lowest BCUT2D eigenvalue weighted by molar-refractivity contribution is -0.129. The number of hydrogen-bond donors (Lipinski definition) is 6. The molecule has 28 heteroatoms. The van der Waals surface area contributed by atoms with Gasteiger partial charge >= 0.3 is 0 Å². The van der Waals surface area contributed by atoms with Gasteiger partial charge in [-0.3, -0.25) is 51.1 Å². The molecule has 25 nitrogen and oxygen atoms in total. The minimum atomic E-state index is -0.402. The number of methoxy groups -OCH3 is 1. The number of benzene rings is 15. The number of aryl methyl sites for hydroxylation is 5. The standard InChI is InChI=1S/3C25H21N3OS.C24H23N3O3.C23H19N5O2/c2*29-25-21-15-14-17-8-4-6-12-20(17)27(21)24(28(25)26-19-10-2-1-3-11-19)23-16-18-9-5-7-13-22(18)30-23;29-25-22-15-14-17-8-4-6-12-21(17)27(22)24(28(25)26-18-9-2-1-3-10-18)20-16-30-23-13-7-5-11-19(20)23;1-30-22-14-12-17(15-21(22)28)23-26-19-10-6-5-7-16(19)11-13-20(26)24(29)27(23)25-18-8-3-2-4-9-18;29-23-20-14-13-15-7-4-5-12-19(15)27(20)22(28(23)24-16-8-2-1-3-9-16)17-10-6-11-18-21(17)26-30-25-18/h2*1-13,16,21,24,26H,14-15H2;1-13,16,22,24,26H,14-15H2;2-10,12,14-15,20,23,25,28H,11,13H2,1H3;1-12,20,22,24H,13-14H2/t2*21?,24-;22?,24-;20?,23-;20?,22-/m11111/s1. The number of aromatic hydroxyl groups is 1. The number of phenolic OH excluding ortho intramolecular Hbond substituents is 1. The number of hydrazine groups is 5. The Hall–Kier alpha value is -17.5. The maximum Gasteiger partial charge on any atom is 0.266 e. The van der Waals surface area contributed by atoms with Gasteiger partial charge < -0.3 is 34.3 Å². The molecule has 5 amide bonds. The lowest BCUT2D eigenvalue weighted by Gasteiger charge is -2.37. The zero-order valence-corrected chi connectivity index (χ0v) is 84.3. The van der Waals surface area contributed by atoms with Crippen LogP contribution in [0.3, 0.4) is 0 Å². The van der Waals surface area contributed by atoms with Crippen molar-refractivity contribution >= 4 is 162 Å². The smallest absolute Gasteiger partial charge is 0.266 e. The van der Waals surface area contributed by atoms with Crippen LogP contribution in [0.5, 0.6) is 11.5 Å². The molecule has 10 aliphatic rings. The van der Waals surface area contributed by atoms with E-state index in [-0.39, 0.29) is 90.2 Å². The minimum absolute atomic E-state index is 0.0219. The minimum Gasteiger partial charge on any atom is -0.504 e. The highest BCUT2D eigenvalue weighted by Crippen LogP contribution is 2.54. The van der Waals surface area contributed by atoms with Crippen molar-refractivity contribution < 1.29 is 38.4 Å².